The Bertz CT molecular complexity index is 1080. The van der Waals surface area contributed by atoms with Crippen molar-refractivity contribution in [2.24, 2.45) is 5.73 Å². The van der Waals surface area contributed by atoms with Gasteiger partial charge in [-0.15, -0.1) is 0 Å². The number of nitrogens with two attached hydrogens (primary N) is 1. The van der Waals surface area contributed by atoms with Gasteiger partial charge in [0.2, 0.25) is 5.91 Å². The van der Waals surface area contributed by atoms with Crippen molar-refractivity contribution in [2.45, 2.75) is 25.1 Å². The van der Waals surface area contributed by atoms with E-state index in [1.165, 1.54) is 31.3 Å². The first-order valence-electron chi connectivity index (χ1n) is 9.88. The minimum Gasteiger partial charge on any atom is -0.493 e. The summed E-state index contributed by atoms with van der Waals surface area (Å²) in [6.07, 6.45) is -4.49. The molecular weight excluding hydrogens is 459 g/mol. The van der Waals surface area contributed by atoms with Crippen LogP contribution in [0, 0.1) is 0 Å². The molecule has 0 unspecified atom stereocenters. The number of hydrogen-bond donors (Lipinski definition) is 1. The second kappa shape index (κ2) is 9.65. The monoisotopic (exact) mass is 481 g/mol. The summed E-state index contributed by atoms with van der Waals surface area (Å²) in [7, 11) is 3.02. The number of benzene rings is 2. The Balaban J connectivity index is 1.88. The number of anilines is 1. The van der Waals surface area contributed by atoms with Crippen LogP contribution in [-0.2, 0) is 22.2 Å². The number of ether oxygens (including phenoxy) is 2. The topological polar surface area (TPSA) is 85.1 Å². The summed E-state index contributed by atoms with van der Waals surface area (Å²) >= 11 is 5.44. The van der Waals surface area contributed by atoms with Crippen molar-refractivity contribution in [3.05, 3.63) is 53.6 Å². The molecule has 2 aromatic carbocycles. The van der Waals surface area contributed by atoms with Gasteiger partial charge in [-0.1, -0.05) is 12.1 Å². The van der Waals surface area contributed by atoms with Crippen LogP contribution in [-0.4, -0.2) is 48.6 Å². The minimum absolute atomic E-state index is 0.00560. The van der Waals surface area contributed by atoms with E-state index in [9.17, 15) is 22.8 Å². The molecule has 1 heterocycles. The Hall–Kier alpha value is -3.34. The molecule has 2 amide bonds. The van der Waals surface area contributed by atoms with Gasteiger partial charge in [0.1, 0.15) is 6.04 Å². The van der Waals surface area contributed by atoms with Crippen molar-refractivity contribution < 1.29 is 32.2 Å². The number of thiocarbonyl (C=S) groups is 1. The molecule has 1 aliphatic heterocycles. The third-order valence-corrected chi connectivity index (χ3v) is 5.65. The summed E-state index contributed by atoms with van der Waals surface area (Å²) in [5.74, 6) is -0.256. The van der Waals surface area contributed by atoms with Gasteiger partial charge in [0.15, 0.2) is 16.6 Å². The molecule has 0 aromatic heterocycles. The smallest absolute Gasteiger partial charge is 0.416 e. The largest absolute Gasteiger partial charge is 0.493 e. The maximum Gasteiger partial charge on any atom is 0.416 e. The van der Waals surface area contributed by atoms with Crippen LogP contribution >= 0.6 is 12.2 Å². The van der Waals surface area contributed by atoms with E-state index in [-0.39, 0.29) is 23.8 Å². The van der Waals surface area contributed by atoms with Gasteiger partial charge in [-0.25, -0.2) is 0 Å². The van der Waals surface area contributed by atoms with Gasteiger partial charge in [-0.2, -0.15) is 13.2 Å². The molecule has 11 heteroatoms. The molecule has 0 radical (unpaired) electrons. The van der Waals surface area contributed by atoms with Gasteiger partial charge < -0.3 is 20.1 Å². The second-order valence-electron chi connectivity index (χ2n) is 7.32. The van der Waals surface area contributed by atoms with E-state index < -0.39 is 29.6 Å². The Morgan fingerprint density at radius 1 is 1.12 bits per heavy atom. The average molecular weight is 481 g/mol. The van der Waals surface area contributed by atoms with Gasteiger partial charge >= 0.3 is 6.18 Å². The Morgan fingerprint density at radius 3 is 2.42 bits per heavy atom. The molecule has 2 aromatic rings. The van der Waals surface area contributed by atoms with Gasteiger partial charge in [0, 0.05) is 6.54 Å². The SMILES string of the molecule is COc1ccc(CCN2C(=S)N(c3cccc(C(F)(F)F)c3)C(=O)[C@@H]2CC(N)=O)cc1OC. The summed E-state index contributed by atoms with van der Waals surface area (Å²) in [6, 6.07) is 8.62. The lowest BCUT2D eigenvalue weighted by Crippen LogP contribution is -2.39. The lowest BCUT2D eigenvalue weighted by molar-refractivity contribution is -0.137. The van der Waals surface area contributed by atoms with Gasteiger partial charge in [0.25, 0.3) is 5.91 Å². The highest BCUT2D eigenvalue weighted by Crippen LogP contribution is 2.34. The van der Waals surface area contributed by atoms with Crippen LogP contribution in [0.5, 0.6) is 11.5 Å². The number of primary amides is 1. The predicted octanol–water partition coefficient (Wildman–Crippen LogP) is 3.14. The summed E-state index contributed by atoms with van der Waals surface area (Å²) in [4.78, 5) is 27.2. The number of halogens is 3. The van der Waals surface area contributed by atoms with Crippen molar-refractivity contribution in [3.8, 4) is 11.5 Å². The fourth-order valence-corrected chi connectivity index (χ4v) is 4.04. The van der Waals surface area contributed by atoms with Crippen molar-refractivity contribution >= 4 is 34.8 Å². The van der Waals surface area contributed by atoms with E-state index in [0.29, 0.717) is 17.9 Å². The molecule has 1 aliphatic rings. The van der Waals surface area contributed by atoms with Crippen LogP contribution in [0.25, 0.3) is 0 Å². The van der Waals surface area contributed by atoms with Gasteiger partial charge in [-0.05, 0) is 54.5 Å². The van der Waals surface area contributed by atoms with Crippen molar-refractivity contribution in [1.82, 2.24) is 4.90 Å². The van der Waals surface area contributed by atoms with E-state index in [0.717, 1.165) is 22.6 Å². The number of carbonyl (C=O) groups is 2. The predicted molar refractivity (Wildman–Crippen MR) is 119 cm³/mol. The number of carbonyl (C=O) groups excluding carboxylic acids is 2. The van der Waals surface area contributed by atoms with Crippen LogP contribution in [0.2, 0.25) is 0 Å². The van der Waals surface area contributed by atoms with E-state index >= 15 is 0 Å². The molecule has 7 nitrogen and oxygen atoms in total. The molecule has 0 saturated carbocycles. The van der Waals surface area contributed by atoms with E-state index in [2.05, 4.69) is 0 Å². The molecular formula is C22H22F3N3O4S. The standard InChI is InChI=1S/C22H22F3N3O4S/c1-31-17-7-6-13(10-18(17)32-2)8-9-27-16(12-19(26)29)20(30)28(21(27)33)15-5-3-4-14(11-15)22(23,24)25/h3-7,10-11,16H,8-9,12H2,1-2H3,(H2,26,29)/t16-/m0/s1. The maximum absolute atomic E-state index is 13.2. The number of methoxy groups -OCH3 is 2. The molecule has 1 fully saturated rings. The number of rotatable bonds is 8. The molecule has 0 spiro atoms. The first-order valence-corrected chi connectivity index (χ1v) is 10.3. The quantitative estimate of drug-likeness (QED) is 0.584. The Labute approximate surface area is 193 Å². The third kappa shape index (κ3) is 5.19. The second-order valence-corrected chi connectivity index (χ2v) is 7.69. The van der Waals surface area contributed by atoms with E-state index in [4.69, 9.17) is 27.4 Å². The molecule has 2 N–H and O–H groups in total. The highest BCUT2D eigenvalue weighted by atomic mass is 32.1. The number of amides is 2. The molecule has 0 aliphatic carbocycles. The molecule has 3 rings (SSSR count). The molecule has 1 atom stereocenters. The summed E-state index contributed by atoms with van der Waals surface area (Å²) in [5.41, 5.74) is 5.24. The zero-order valence-electron chi connectivity index (χ0n) is 17.9. The van der Waals surface area contributed by atoms with Crippen LogP contribution in [0.3, 0.4) is 0 Å². The van der Waals surface area contributed by atoms with Crippen molar-refractivity contribution in [1.29, 1.82) is 0 Å². The molecule has 33 heavy (non-hydrogen) atoms. The minimum atomic E-state index is -4.58. The molecule has 1 saturated heterocycles. The lowest BCUT2D eigenvalue weighted by Gasteiger charge is -2.24. The first kappa shape index (κ1) is 24.3. The Morgan fingerprint density at radius 2 is 1.82 bits per heavy atom. The fourth-order valence-electron chi connectivity index (χ4n) is 3.62. The maximum atomic E-state index is 13.2. The third-order valence-electron chi connectivity index (χ3n) is 5.23. The van der Waals surface area contributed by atoms with E-state index in [1.54, 1.807) is 12.1 Å². The molecule has 176 valence electrons. The summed E-state index contributed by atoms with van der Waals surface area (Å²) in [5, 5.41) is 0.00560. The van der Waals surface area contributed by atoms with Crippen LogP contribution in [0.1, 0.15) is 17.5 Å². The van der Waals surface area contributed by atoms with Crippen molar-refractivity contribution in [3.63, 3.8) is 0 Å². The summed E-state index contributed by atoms with van der Waals surface area (Å²) in [6.45, 7) is 0.230. The average Bonchev–Trinajstić information content (AvgIpc) is 3.00. The van der Waals surface area contributed by atoms with Crippen molar-refractivity contribution in [2.75, 3.05) is 25.7 Å². The number of nitrogens with zero attached hydrogens (tertiary/aromatic N) is 2. The van der Waals surface area contributed by atoms with Crippen LogP contribution < -0.4 is 20.1 Å². The van der Waals surface area contributed by atoms with Gasteiger partial charge in [-0.3, -0.25) is 14.5 Å². The molecule has 0 bridgehead atoms. The summed E-state index contributed by atoms with van der Waals surface area (Å²) < 4.78 is 50.0. The fraction of sp³-hybridized carbons (Fsp3) is 0.318. The first-order chi connectivity index (χ1) is 15.6. The normalized spacial score (nSPS) is 16.3. The number of alkyl halides is 3. The zero-order valence-corrected chi connectivity index (χ0v) is 18.7. The Kier molecular flexibility index (Phi) is 7.11. The van der Waals surface area contributed by atoms with Gasteiger partial charge in [0.05, 0.1) is 31.9 Å². The zero-order chi connectivity index (χ0) is 24.3. The highest BCUT2D eigenvalue weighted by molar-refractivity contribution is 7.80. The highest BCUT2D eigenvalue weighted by Gasteiger charge is 2.44. The lowest BCUT2D eigenvalue weighted by atomic mass is 10.1. The van der Waals surface area contributed by atoms with E-state index in [1.807, 2.05) is 6.07 Å². The number of hydrogen-bond acceptors (Lipinski definition) is 5. The van der Waals surface area contributed by atoms with Crippen LogP contribution in [0.4, 0.5) is 18.9 Å². The van der Waals surface area contributed by atoms with Crippen LogP contribution in [0.15, 0.2) is 42.5 Å².